The highest BCUT2D eigenvalue weighted by atomic mass is 35.5. The highest BCUT2D eigenvalue weighted by Crippen LogP contribution is 2.17. The van der Waals surface area contributed by atoms with Gasteiger partial charge in [-0.25, -0.2) is 4.98 Å². The summed E-state index contributed by atoms with van der Waals surface area (Å²) < 4.78 is 7.11. The van der Waals surface area contributed by atoms with Crippen molar-refractivity contribution in [2.45, 2.75) is 19.4 Å². The standard InChI is InChI=1S/C21H22ClN3O3/c1-24(11-5-13-28-17-7-4-6-16(22)14-17)20(26)10-12-25-15-23-19-9-3-2-8-18(19)21(25)27/h2-4,6-9,14-15H,5,10-13H2,1H3. The van der Waals surface area contributed by atoms with Crippen LogP contribution in [0.15, 0.2) is 59.7 Å². The normalized spacial score (nSPS) is 10.8. The molecule has 0 N–H and O–H groups in total. The Morgan fingerprint density at radius 2 is 2.04 bits per heavy atom. The number of ether oxygens (including phenoxy) is 1. The quantitative estimate of drug-likeness (QED) is 0.545. The molecule has 0 saturated carbocycles. The lowest BCUT2D eigenvalue weighted by Crippen LogP contribution is -2.31. The van der Waals surface area contributed by atoms with Crippen LogP contribution in [0, 0.1) is 0 Å². The van der Waals surface area contributed by atoms with Crippen molar-refractivity contribution in [2.24, 2.45) is 0 Å². The van der Waals surface area contributed by atoms with Crippen LogP contribution in [-0.4, -0.2) is 40.6 Å². The average molecular weight is 400 g/mol. The molecule has 1 aromatic heterocycles. The number of aryl methyl sites for hydroxylation is 1. The van der Waals surface area contributed by atoms with Gasteiger partial charge in [-0.2, -0.15) is 0 Å². The third-order valence-corrected chi connectivity index (χ3v) is 4.66. The molecular formula is C21H22ClN3O3. The monoisotopic (exact) mass is 399 g/mol. The van der Waals surface area contributed by atoms with Gasteiger partial charge in [-0.05, 0) is 36.8 Å². The van der Waals surface area contributed by atoms with Gasteiger partial charge in [-0.1, -0.05) is 29.8 Å². The highest BCUT2D eigenvalue weighted by molar-refractivity contribution is 6.30. The molecule has 28 heavy (non-hydrogen) atoms. The molecule has 3 rings (SSSR count). The molecule has 6 nitrogen and oxygen atoms in total. The zero-order valence-corrected chi connectivity index (χ0v) is 16.4. The van der Waals surface area contributed by atoms with Crippen molar-refractivity contribution in [2.75, 3.05) is 20.2 Å². The fraction of sp³-hybridized carbons (Fsp3) is 0.286. The van der Waals surface area contributed by atoms with E-state index in [0.29, 0.717) is 47.8 Å². The summed E-state index contributed by atoms with van der Waals surface area (Å²) >= 11 is 5.92. The maximum absolute atomic E-state index is 12.5. The molecule has 7 heteroatoms. The molecular weight excluding hydrogens is 378 g/mol. The van der Waals surface area contributed by atoms with E-state index in [1.54, 1.807) is 42.3 Å². The van der Waals surface area contributed by atoms with E-state index in [9.17, 15) is 9.59 Å². The number of nitrogens with zero attached hydrogens (tertiary/aromatic N) is 3. The molecule has 0 atom stereocenters. The van der Waals surface area contributed by atoms with Gasteiger partial charge in [0.1, 0.15) is 5.75 Å². The van der Waals surface area contributed by atoms with Gasteiger partial charge in [-0.15, -0.1) is 0 Å². The fourth-order valence-corrected chi connectivity index (χ4v) is 3.03. The Morgan fingerprint density at radius 1 is 1.21 bits per heavy atom. The maximum atomic E-state index is 12.5. The largest absolute Gasteiger partial charge is 0.493 e. The number of benzene rings is 2. The summed E-state index contributed by atoms with van der Waals surface area (Å²) in [5, 5.41) is 1.19. The number of carbonyl (C=O) groups excluding carboxylic acids is 1. The Balaban J connectivity index is 1.45. The topological polar surface area (TPSA) is 64.4 Å². The Labute approximate surface area is 168 Å². The van der Waals surface area contributed by atoms with Crippen LogP contribution in [-0.2, 0) is 11.3 Å². The summed E-state index contributed by atoms with van der Waals surface area (Å²) in [5.41, 5.74) is 0.530. The van der Waals surface area contributed by atoms with Crippen LogP contribution in [0.4, 0.5) is 0 Å². The molecule has 0 fully saturated rings. The first kappa shape index (κ1) is 19.9. The Kier molecular flexibility index (Phi) is 6.66. The third kappa shape index (κ3) is 5.10. The lowest BCUT2D eigenvalue weighted by Gasteiger charge is -2.17. The van der Waals surface area contributed by atoms with Crippen LogP contribution in [0.3, 0.4) is 0 Å². The SMILES string of the molecule is CN(CCCOc1cccc(Cl)c1)C(=O)CCn1cnc2ccccc2c1=O. The molecule has 0 unspecified atom stereocenters. The van der Waals surface area contributed by atoms with Gasteiger partial charge in [0.2, 0.25) is 5.91 Å². The molecule has 0 aliphatic heterocycles. The molecule has 0 radical (unpaired) electrons. The zero-order chi connectivity index (χ0) is 19.9. The van der Waals surface area contributed by atoms with E-state index in [1.165, 1.54) is 10.9 Å². The number of hydrogen-bond donors (Lipinski definition) is 0. The van der Waals surface area contributed by atoms with Crippen molar-refractivity contribution in [3.63, 3.8) is 0 Å². The molecule has 2 aromatic carbocycles. The van der Waals surface area contributed by atoms with Crippen LogP contribution < -0.4 is 10.3 Å². The van der Waals surface area contributed by atoms with Crippen LogP contribution in [0.2, 0.25) is 5.02 Å². The van der Waals surface area contributed by atoms with Crippen LogP contribution in [0.25, 0.3) is 10.9 Å². The molecule has 0 aliphatic rings. The van der Waals surface area contributed by atoms with Gasteiger partial charge in [-0.3, -0.25) is 14.2 Å². The second-order valence-corrected chi connectivity index (χ2v) is 6.92. The smallest absolute Gasteiger partial charge is 0.261 e. The highest BCUT2D eigenvalue weighted by Gasteiger charge is 2.10. The number of amides is 1. The molecule has 1 amide bonds. The minimum absolute atomic E-state index is 0.0252. The van der Waals surface area contributed by atoms with Crippen molar-refractivity contribution in [3.05, 3.63) is 70.2 Å². The zero-order valence-electron chi connectivity index (χ0n) is 15.7. The summed E-state index contributed by atoms with van der Waals surface area (Å²) in [6.45, 7) is 1.37. The number of halogens is 1. The van der Waals surface area contributed by atoms with E-state index in [1.807, 2.05) is 18.2 Å². The van der Waals surface area contributed by atoms with E-state index in [4.69, 9.17) is 16.3 Å². The van der Waals surface area contributed by atoms with Gasteiger partial charge >= 0.3 is 0 Å². The Bertz CT molecular complexity index is 1020. The molecule has 0 saturated heterocycles. The van der Waals surface area contributed by atoms with Gasteiger partial charge in [0.25, 0.3) is 5.56 Å². The van der Waals surface area contributed by atoms with E-state index in [2.05, 4.69) is 4.98 Å². The number of hydrogen-bond acceptors (Lipinski definition) is 4. The second kappa shape index (κ2) is 9.37. The minimum atomic E-state index is -0.129. The summed E-state index contributed by atoms with van der Waals surface area (Å²) in [6, 6.07) is 14.4. The predicted octanol–water partition coefficient (Wildman–Crippen LogP) is 3.37. The molecule has 146 valence electrons. The van der Waals surface area contributed by atoms with Gasteiger partial charge in [0.05, 0.1) is 23.8 Å². The molecule has 3 aromatic rings. The van der Waals surface area contributed by atoms with E-state index in [-0.39, 0.29) is 17.9 Å². The number of carbonyl (C=O) groups is 1. The Morgan fingerprint density at radius 3 is 2.86 bits per heavy atom. The lowest BCUT2D eigenvalue weighted by atomic mass is 10.2. The lowest BCUT2D eigenvalue weighted by molar-refractivity contribution is -0.130. The number of fused-ring (bicyclic) bond motifs is 1. The van der Waals surface area contributed by atoms with Crippen LogP contribution in [0.5, 0.6) is 5.75 Å². The van der Waals surface area contributed by atoms with E-state index < -0.39 is 0 Å². The number of aromatic nitrogens is 2. The molecule has 1 heterocycles. The van der Waals surface area contributed by atoms with Gasteiger partial charge in [0.15, 0.2) is 0 Å². The number of para-hydroxylation sites is 1. The summed E-state index contributed by atoms with van der Waals surface area (Å²) in [6.07, 6.45) is 2.44. The fourth-order valence-electron chi connectivity index (χ4n) is 2.85. The van der Waals surface area contributed by atoms with Crippen molar-refractivity contribution in [3.8, 4) is 5.75 Å². The first-order valence-electron chi connectivity index (χ1n) is 9.11. The maximum Gasteiger partial charge on any atom is 0.261 e. The van der Waals surface area contributed by atoms with E-state index >= 15 is 0 Å². The van der Waals surface area contributed by atoms with Crippen molar-refractivity contribution < 1.29 is 9.53 Å². The predicted molar refractivity (Wildman–Crippen MR) is 110 cm³/mol. The second-order valence-electron chi connectivity index (χ2n) is 6.48. The molecule has 0 aliphatic carbocycles. The number of rotatable bonds is 8. The van der Waals surface area contributed by atoms with Crippen molar-refractivity contribution in [1.82, 2.24) is 14.5 Å². The van der Waals surface area contributed by atoms with Crippen molar-refractivity contribution in [1.29, 1.82) is 0 Å². The first-order valence-corrected chi connectivity index (χ1v) is 9.49. The first-order chi connectivity index (χ1) is 13.5. The summed E-state index contributed by atoms with van der Waals surface area (Å²) in [7, 11) is 1.75. The minimum Gasteiger partial charge on any atom is -0.493 e. The third-order valence-electron chi connectivity index (χ3n) is 4.43. The Hall–Kier alpha value is -2.86. The van der Waals surface area contributed by atoms with Crippen LogP contribution in [0.1, 0.15) is 12.8 Å². The van der Waals surface area contributed by atoms with Gasteiger partial charge < -0.3 is 9.64 Å². The molecule has 0 bridgehead atoms. The van der Waals surface area contributed by atoms with Gasteiger partial charge in [0, 0.05) is 31.6 Å². The average Bonchev–Trinajstić information content (AvgIpc) is 2.70. The van der Waals surface area contributed by atoms with E-state index in [0.717, 1.165) is 0 Å². The summed E-state index contributed by atoms with van der Waals surface area (Å²) in [5.74, 6) is 0.687. The molecule has 0 spiro atoms. The van der Waals surface area contributed by atoms with Crippen LogP contribution >= 0.6 is 11.6 Å². The summed E-state index contributed by atoms with van der Waals surface area (Å²) in [4.78, 5) is 30.7. The van der Waals surface area contributed by atoms with Crippen molar-refractivity contribution >= 4 is 28.4 Å².